The first-order chi connectivity index (χ1) is 7.91. The minimum atomic E-state index is -0.344. The number of hydrogen-bond acceptors (Lipinski definition) is 2. The van der Waals surface area contributed by atoms with E-state index >= 15 is 0 Å². The van der Waals surface area contributed by atoms with Gasteiger partial charge >= 0.3 is 0 Å². The average molecular weight is 302 g/mol. The summed E-state index contributed by atoms with van der Waals surface area (Å²) in [5.74, 6) is -0.0316. The number of carbonyl (C=O) groups excluding carboxylic acids is 1. The Labute approximate surface area is 110 Å². The molecule has 2 nitrogen and oxygen atoms in total. The zero-order chi connectivity index (χ0) is 13.0. The van der Waals surface area contributed by atoms with Crippen molar-refractivity contribution in [2.75, 3.05) is 0 Å². The van der Waals surface area contributed by atoms with E-state index in [1.54, 1.807) is 12.1 Å². The van der Waals surface area contributed by atoms with Crippen LogP contribution >= 0.6 is 15.9 Å². The van der Waals surface area contributed by atoms with Crippen molar-refractivity contribution in [3.05, 3.63) is 34.1 Å². The molecule has 1 rings (SSSR count). The van der Waals surface area contributed by atoms with Crippen LogP contribution in [0.1, 0.15) is 25.8 Å². The van der Waals surface area contributed by atoms with Crippen LogP contribution in [0.3, 0.4) is 0 Å². The molecule has 1 atom stereocenters. The SMILES string of the molecule is CC(C)C(N)CC(=O)Cc1cccc(F)c1Br. The van der Waals surface area contributed by atoms with E-state index in [4.69, 9.17) is 5.73 Å². The molecule has 0 aliphatic carbocycles. The number of nitrogens with two attached hydrogens (primary N) is 1. The predicted octanol–water partition coefficient (Wildman–Crippen LogP) is 3.07. The highest BCUT2D eigenvalue weighted by Crippen LogP contribution is 2.21. The van der Waals surface area contributed by atoms with Gasteiger partial charge < -0.3 is 5.73 Å². The summed E-state index contributed by atoms with van der Waals surface area (Å²) in [6.07, 6.45) is 0.555. The fraction of sp³-hybridized carbons (Fsp3) is 0.462. The molecule has 17 heavy (non-hydrogen) atoms. The van der Waals surface area contributed by atoms with E-state index in [1.165, 1.54) is 6.07 Å². The number of Topliss-reactive ketones (excluding diaryl/α,β-unsaturated/α-hetero) is 1. The molecule has 2 N–H and O–H groups in total. The molecule has 0 aromatic heterocycles. The molecule has 0 fully saturated rings. The molecule has 0 radical (unpaired) electrons. The van der Waals surface area contributed by atoms with Crippen molar-refractivity contribution >= 4 is 21.7 Å². The number of ketones is 1. The molecule has 0 amide bonds. The molecule has 1 aromatic rings. The highest BCUT2D eigenvalue weighted by molar-refractivity contribution is 9.10. The monoisotopic (exact) mass is 301 g/mol. The minimum Gasteiger partial charge on any atom is -0.327 e. The van der Waals surface area contributed by atoms with Crippen molar-refractivity contribution in [3.63, 3.8) is 0 Å². The van der Waals surface area contributed by atoms with Gasteiger partial charge in [-0.3, -0.25) is 4.79 Å². The zero-order valence-corrected chi connectivity index (χ0v) is 11.6. The summed E-state index contributed by atoms with van der Waals surface area (Å²) in [7, 11) is 0. The molecule has 4 heteroatoms. The first-order valence-electron chi connectivity index (χ1n) is 5.62. The first kappa shape index (κ1) is 14.3. The van der Waals surface area contributed by atoms with Crippen molar-refractivity contribution < 1.29 is 9.18 Å². The largest absolute Gasteiger partial charge is 0.327 e. The Kier molecular flexibility index (Phi) is 5.28. The Hall–Kier alpha value is -0.740. The maximum Gasteiger partial charge on any atom is 0.138 e. The standard InChI is InChI=1S/C13H17BrFNO/c1-8(2)12(16)7-10(17)6-9-4-3-5-11(15)13(9)14/h3-5,8,12H,6-7,16H2,1-2H3. The van der Waals surface area contributed by atoms with Crippen LogP contribution in [-0.4, -0.2) is 11.8 Å². The van der Waals surface area contributed by atoms with Gasteiger partial charge in [-0.1, -0.05) is 26.0 Å². The fourth-order valence-corrected chi connectivity index (χ4v) is 1.87. The van der Waals surface area contributed by atoms with Crippen molar-refractivity contribution in [1.29, 1.82) is 0 Å². The normalized spacial score (nSPS) is 12.8. The predicted molar refractivity (Wildman–Crippen MR) is 70.2 cm³/mol. The van der Waals surface area contributed by atoms with Crippen LogP contribution in [0.15, 0.2) is 22.7 Å². The topological polar surface area (TPSA) is 43.1 Å². The summed E-state index contributed by atoms with van der Waals surface area (Å²) in [4.78, 5) is 11.8. The van der Waals surface area contributed by atoms with Gasteiger partial charge in [-0.05, 0) is 33.5 Å². The lowest BCUT2D eigenvalue weighted by Gasteiger charge is -2.14. The Morgan fingerprint density at radius 1 is 1.47 bits per heavy atom. The minimum absolute atomic E-state index is 0.0394. The number of hydrogen-bond donors (Lipinski definition) is 1. The third-order valence-electron chi connectivity index (χ3n) is 2.74. The summed E-state index contributed by atoms with van der Waals surface area (Å²) < 4.78 is 13.6. The van der Waals surface area contributed by atoms with Gasteiger partial charge in [0.05, 0.1) is 4.47 Å². The summed E-state index contributed by atoms with van der Waals surface area (Å²) >= 11 is 3.15. The van der Waals surface area contributed by atoms with Crippen LogP contribution < -0.4 is 5.73 Å². The molecule has 1 aromatic carbocycles. The van der Waals surface area contributed by atoms with E-state index in [0.717, 1.165) is 0 Å². The van der Waals surface area contributed by atoms with Crippen LogP contribution in [0.5, 0.6) is 0 Å². The molecule has 1 unspecified atom stereocenters. The van der Waals surface area contributed by atoms with Crippen LogP contribution in [0, 0.1) is 11.7 Å². The van der Waals surface area contributed by atoms with E-state index in [2.05, 4.69) is 15.9 Å². The highest BCUT2D eigenvalue weighted by Gasteiger charge is 2.15. The van der Waals surface area contributed by atoms with Gasteiger partial charge in [0, 0.05) is 18.9 Å². The van der Waals surface area contributed by atoms with E-state index in [9.17, 15) is 9.18 Å². The summed E-state index contributed by atoms with van der Waals surface area (Å²) in [6.45, 7) is 3.96. The summed E-state index contributed by atoms with van der Waals surface area (Å²) in [5, 5.41) is 0. The fourth-order valence-electron chi connectivity index (χ4n) is 1.47. The number of rotatable bonds is 5. The molecule has 0 saturated heterocycles. The van der Waals surface area contributed by atoms with Crippen molar-refractivity contribution in [2.24, 2.45) is 11.7 Å². The molecule has 0 spiro atoms. The maximum absolute atomic E-state index is 13.2. The van der Waals surface area contributed by atoms with Gasteiger partial charge in [-0.2, -0.15) is 0 Å². The second-order valence-corrected chi connectivity index (χ2v) is 5.33. The maximum atomic E-state index is 13.2. The molecule has 0 aliphatic rings. The van der Waals surface area contributed by atoms with Gasteiger partial charge in [0.15, 0.2) is 0 Å². The average Bonchev–Trinajstić information content (AvgIpc) is 2.24. The van der Waals surface area contributed by atoms with Crippen molar-refractivity contribution in [2.45, 2.75) is 32.7 Å². The molecule has 0 aliphatic heterocycles. The van der Waals surface area contributed by atoms with Crippen LogP contribution in [0.25, 0.3) is 0 Å². The lowest BCUT2D eigenvalue weighted by molar-refractivity contribution is -0.118. The smallest absolute Gasteiger partial charge is 0.138 e. The Bertz CT molecular complexity index is 406. The number of carbonyl (C=O) groups is 1. The lowest BCUT2D eigenvalue weighted by Crippen LogP contribution is -2.29. The zero-order valence-electron chi connectivity index (χ0n) is 10.0. The molecule has 0 heterocycles. The number of halogens is 2. The van der Waals surface area contributed by atoms with Gasteiger partial charge in [0.25, 0.3) is 0 Å². The molecule has 0 saturated carbocycles. The lowest BCUT2D eigenvalue weighted by atomic mass is 9.97. The van der Waals surface area contributed by atoms with Crippen LogP contribution in [-0.2, 0) is 11.2 Å². The van der Waals surface area contributed by atoms with Crippen molar-refractivity contribution in [3.8, 4) is 0 Å². The molecular weight excluding hydrogens is 285 g/mol. The van der Waals surface area contributed by atoms with E-state index in [-0.39, 0.29) is 30.0 Å². The molecular formula is C13H17BrFNO. The van der Waals surface area contributed by atoms with Crippen molar-refractivity contribution in [1.82, 2.24) is 0 Å². The first-order valence-corrected chi connectivity index (χ1v) is 6.41. The Morgan fingerprint density at radius 3 is 2.71 bits per heavy atom. The number of benzene rings is 1. The van der Waals surface area contributed by atoms with Gasteiger partial charge in [-0.15, -0.1) is 0 Å². The third-order valence-corrected chi connectivity index (χ3v) is 3.63. The molecule has 94 valence electrons. The van der Waals surface area contributed by atoms with E-state index < -0.39 is 0 Å². The second kappa shape index (κ2) is 6.26. The quantitative estimate of drug-likeness (QED) is 0.908. The van der Waals surface area contributed by atoms with Gasteiger partial charge in [0.2, 0.25) is 0 Å². The summed E-state index contributed by atoms with van der Waals surface area (Å²) in [5.41, 5.74) is 6.50. The Balaban J connectivity index is 2.66. The Morgan fingerprint density at radius 2 is 2.12 bits per heavy atom. The van der Waals surface area contributed by atoms with Crippen LogP contribution in [0.2, 0.25) is 0 Å². The van der Waals surface area contributed by atoms with E-state index in [1.807, 2.05) is 13.8 Å². The van der Waals surface area contributed by atoms with E-state index in [0.29, 0.717) is 16.5 Å². The second-order valence-electron chi connectivity index (χ2n) is 4.54. The van der Waals surface area contributed by atoms with Gasteiger partial charge in [0.1, 0.15) is 11.6 Å². The summed E-state index contributed by atoms with van der Waals surface area (Å²) in [6, 6.07) is 4.57. The molecule has 0 bridgehead atoms. The van der Waals surface area contributed by atoms with Gasteiger partial charge in [-0.25, -0.2) is 4.39 Å². The highest BCUT2D eigenvalue weighted by atomic mass is 79.9. The third kappa shape index (κ3) is 4.21. The van der Waals surface area contributed by atoms with Crippen LogP contribution in [0.4, 0.5) is 4.39 Å².